The van der Waals surface area contributed by atoms with Gasteiger partial charge in [0.05, 0.1) is 11.8 Å². The predicted octanol–water partition coefficient (Wildman–Crippen LogP) is 1.71. The number of aromatic nitrogens is 2. The van der Waals surface area contributed by atoms with E-state index in [0.717, 1.165) is 17.7 Å². The van der Waals surface area contributed by atoms with Crippen LogP contribution in [0.15, 0.2) is 30.5 Å². The first-order valence-corrected chi connectivity index (χ1v) is 6.67. The Morgan fingerprint density at radius 1 is 1.33 bits per heavy atom. The average molecular weight is 285 g/mol. The van der Waals surface area contributed by atoms with E-state index in [1.807, 2.05) is 31.2 Å². The van der Waals surface area contributed by atoms with E-state index < -0.39 is 5.97 Å². The van der Waals surface area contributed by atoms with Crippen molar-refractivity contribution in [1.82, 2.24) is 9.78 Å². The Balaban J connectivity index is 2.06. The summed E-state index contributed by atoms with van der Waals surface area (Å²) in [5.41, 5.74) is 1.97. The molecule has 2 aromatic rings. The van der Waals surface area contributed by atoms with Crippen molar-refractivity contribution >= 4 is 17.6 Å². The van der Waals surface area contributed by atoms with Crippen LogP contribution in [0.4, 0.5) is 5.69 Å². The summed E-state index contributed by atoms with van der Waals surface area (Å²) in [4.78, 5) is 25.7. The van der Waals surface area contributed by atoms with Crippen molar-refractivity contribution in [1.29, 1.82) is 0 Å². The number of amides is 1. The Bertz CT molecular complexity index is 736. The Kier molecular flexibility index (Phi) is 3.01. The second-order valence-corrected chi connectivity index (χ2v) is 5.19. The molecule has 2 heterocycles. The summed E-state index contributed by atoms with van der Waals surface area (Å²) in [5.74, 6) is -1.48. The van der Waals surface area contributed by atoms with Gasteiger partial charge in [-0.1, -0.05) is 18.2 Å². The third-order valence-electron chi connectivity index (χ3n) is 3.80. The fourth-order valence-electron chi connectivity index (χ4n) is 2.85. The van der Waals surface area contributed by atoms with Gasteiger partial charge in [0.25, 0.3) is 5.91 Å². The van der Waals surface area contributed by atoms with Crippen molar-refractivity contribution in [2.75, 3.05) is 4.90 Å². The molecule has 3 rings (SSSR count). The lowest BCUT2D eigenvalue weighted by Gasteiger charge is -2.22. The van der Waals surface area contributed by atoms with E-state index in [2.05, 4.69) is 5.10 Å². The average Bonchev–Trinajstić information content (AvgIpc) is 2.97. The van der Waals surface area contributed by atoms with E-state index in [9.17, 15) is 14.7 Å². The number of carbonyl (C=O) groups excluding carboxylic acids is 1. The molecular formula is C15H15N3O3. The van der Waals surface area contributed by atoms with Crippen LogP contribution in [0.2, 0.25) is 0 Å². The van der Waals surface area contributed by atoms with Gasteiger partial charge in [-0.25, -0.2) is 4.79 Å². The second-order valence-electron chi connectivity index (χ2n) is 5.19. The number of anilines is 1. The van der Waals surface area contributed by atoms with Gasteiger partial charge in [-0.15, -0.1) is 0 Å². The van der Waals surface area contributed by atoms with Crippen molar-refractivity contribution in [2.45, 2.75) is 19.4 Å². The molecule has 0 radical (unpaired) electrons. The molecule has 1 aromatic carbocycles. The maximum Gasteiger partial charge on any atom is 0.354 e. The number of carboxylic acid groups (broad SMARTS) is 1. The molecule has 0 spiro atoms. The number of rotatable bonds is 2. The van der Waals surface area contributed by atoms with Crippen molar-refractivity contribution in [2.24, 2.45) is 7.05 Å². The molecule has 1 unspecified atom stereocenters. The normalized spacial score (nSPS) is 16.9. The molecule has 1 N–H and O–H groups in total. The standard InChI is InChI=1S/C15H15N3O3/c1-9-7-10-5-3-4-6-12(10)18(9)14(19)11-8-16-17(2)13(11)15(20)21/h3-6,8-9H,7H2,1-2H3,(H,20,21). The maximum absolute atomic E-state index is 12.8. The van der Waals surface area contributed by atoms with Crippen molar-refractivity contribution in [3.8, 4) is 0 Å². The van der Waals surface area contributed by atoms with Gasteiger partial charge in [0, 0.05) is 18.8 Å². The van der Waals surface area contributed by atoms with Crippen molar-refractivity contribution < 1.29 is 14.7 Å². The van der Waals surface area contributed by atoms with Crippen LogP contribution >= 0.6 is 0 Å². The molecule has 1 aromatic heterocycles. The number of fused-ring (bicyclic) bond motifs is 1. The quantitative estimate of drug-likeness (QED) is 0.911. The minimum absolute atomic E-state index is 0.00301. The molecule has 1 amide bonds. The summed E-state index contributed by atoms with van der Waals surface area (Å²) in [5, 5.41) is 13.2. The third kappa shape index (κ3) is 1.99. The number of aryl methyl sites for hydroxylation is 1. The van der Waals surface area contributed by atoms with Crippen molar-refractivity contribution in [3.63, 3.8) is 0 Å². The fraction of sp³-hybridized carbons (Fsp3) is 0.267. The molecule has 1 aliphatic heterocycles. The lowest BCUT2D eigenvalue weighted by Crippen LogP contribution is -2.36. The molecule has 1 atom stereocenters. The van der Waals surface area contributed by atoms with E-state index in [0.29, 0.717) is 0 Å². The molecule has 0 fully saturated rings. The van der Waals surface area contributed by atoms with Crippen molar-refractivity contribution in [3.05, 3.63) is 47.3 Å². The lowest BCUT2D eigenvalue weighted by molar-refractivity contribution is 0.0680. The molecule has 6 nitrogen and oxygen atoms in total. The number of carboxylic acids is 1. The summed E-state index contributed by atoms with van der Waals surface area (Å²) < 4.78 is 1.21. The third-order valence-corrected chi connectivity index (χ3v) is 3.80. The highest BCUT2D eigenvalue weighted by Crippen LogP contribution is 2.33. The minimum Gasteiger partial charge on any atom is -0.477 e. The van der Waals surface area contributed by atoms with Crippen LogP contribution in [0.25, 0.3) is 0 Å². The van der Waals surface area contributed by atoms with Crippen LogP contribution in [0, 0.1) is 0 Å². The predicted molar refractivity (Wildman–Crippen MR) is 76.6 cm³/mol. The molecule has 0 aliphatic carbocycles. The SMILES string of the molecule is CC1Cc2ccccc2N1C(=O)c1cnn(C)c1C(=O)O. The van der Waals surface area contributed by atoms with Gasteiger partial charge < -0.3 is 10.0 Å². The van der Waals surface area contributed by atoms with Crippen LogP contribution in [-0.2, 0) is 13.5 Å². The van der Waals surface area contributed by atoms with E-state index in [1.165, 1.54) is 17.9 Å². The van der Waals surface area contributed by atoms with Crippen LogP contribution < -0.4 is 4.90 Å². The van der Waals surface area contributed by atoms with Crippen LogP contribution in [0.5, 0.6) is 0 Å². The van der Waals surface area contributed by atoms with Gasteiger partial charge in [0.1, 0.15) is 0 Å². The van der Waals surface area contributed by atoms with Gasteiger partial charge >= 0.3 is 5.97 Å². The molecule has 21 heavy (non-hydrogen) atoms. The highest BCUT2D eigenvalue weighted by Gasteiger charge is 2.34. The monoisotopic (exact) mass is 285 g/mol. The molecule has 0 saturated carbocycles. The smallest absolute Gasteiger partial charge is 0.354 e. The van der Waals surface area contributed by atoms with Gasteiger partial charge in [-0.05, 0) is 25.0 Å². The zero-order valence-electron chi connectivity index (χ0n) is 11.8. The highest BCUT2D eigenvalue weighted by molar-refractivity contribution is 6.12. The maximum atomic E-state index is 12.8. The molecule has 108 valence electrons. The molecular weight excluding hydrogens is 270 g/mol. The van der Waals surface area contributed by atoms with Crippen LogP contribution in [0.1, 0.15) is 33.3 Å². The largest absolute Gasteiger partial charge is 0.477 e. The zero-order valence-corrected chi connectivity index (χ0v) is 11.8. The molecule has 0 bridgehead atoms. The Hall–Kier alpha value is -2.63. The van der Waals surface area contributed by atoms with Gasteiger partial charge in [0.15, 0.2) is 5.69 Å². The topological polar surface area (TPSA) is 75.4 Å². The zero-order chi connectivity index (χ0) is 15.1. The summed E-state index contributed by atoms with van der Waals surface area (Å²) in [7, 11) is 1.52. The summed E-state index contributed by atoms with van der Waals surface area (Å²) in [6.45, 7) is 1.95. The summed E-state index contributed by atoms with van der Waals surface area (Å²) in [6.07, 6.45) is 2.09. The number of benzene rings is 1. The summed E-state index contributed by atoms with van der Waals surface area (Å²) >= 11 is 0. The van der Waals surface area contributed by atoms with Gasteiger partial charge in [-0.2, -0.15) is 5.10 Å². The molecule has 6 heteroatoms. The first-order chi connectivity index (χ1) is 10.0. The van der Waals surface area contributed by atoms with Gasteiger partial charge in [-0.3, -0.25) is 9.48 Å². The number of hydrogen-bond donors (Lipinski definition) is 1. The van der Waals surface area contributed by atoms with Crippen LogP contribution in [-0.4, -0.2) is 32.8 Å². The van der Waals surface area contributed by atoms with Gasteiger partial charge in [0.2, 0.25) is 0 Å². The minimum atomic E-state index is -1.15. The Morgan fingerprint density at radius 2 is 2.05 bits per heavy atom. The number of hydrogen-bond acceptors (Lipinski definition) is 3. The number of para-hydroxylation sites is 1. The lowest BCUT2D eigenvalue weighted by atomic mass is 10.1. The fourth-order valence-corrected chi connectivity index (χ4v) is 2.85. The van der Waals surface area contributed by atoms with Crippen LogP contribution in [0.3, 0.4) is 0 Å². The van der Waals surface area contributed by atoms with E-state index >= 15 is 0 Å². The first-order valence-electron chi connectivity index (χ1n) is 6.67. The Morgan fingerprint density at radius 3 is 2.76 bits per heavy atom. The first kappa shape index (κ1) is 13.4. The molecule has 1 aliphatic rings. The second kappa shape index (κ2) is 4.73. The number of carbonyl (C=O) groups is 2. The number of nitrogens with zero attached hydrogens (tertiary/aromatic N) is 3. The van der Waals surface area contributed by atoms with E-state index in [1.54, 1.807) is 4.90 Å². The molecule has 0 saturated heterocycles. The van der Waals surface area contributed by atoms with E-state index in [-0.39, 0.29) is 23.2 Å². The Labute approximate surface area is 121 Å². The van der Waals surface area contributed by atoms with E-state index in [4.69, 9.17) is 0 Å². The highest BCUT2D eigenvalue weighted by atomic mass is 16.4. The summed E-state index contributed by atoms with van der Waals surface area (Å²) in [6, 6.07) is 7.68. The number of aromatic carboxylic acids is 1.